The predicted octanol–water partition coefficient (Wildman–Crippen LogP) is 6.40. The number of nitrogens with zero attached hydrogens (tertiary/aromatic N) is 4. The summed E-state index contributed by atoms with van der Waals surface area (Å²) in [7, 11) is 1.61. The average Bonchev–Trinajstić information content (AvgIpc) is 3.23. The van der Waals surface area contributed by atoms with Crippen molar-refractivity contribution in [3.8, 4) is 17.1 Å². The SMILES string of the molecule is CSc1ccccc1-c1nc2c(c(NC(=O)c3ccc(C(F)(F)F)cc3)nn2C)c(=O)n1-c1ccc(C)cc1C. The number of aryl methyl sites for hydroxylation is 3. The number of amides is 1. The van der Waals surface area contributed by atoms with Gasteiger partial charge in [-0.15, -0.1) is 11.8 Å². The predicted molar refractivity (Wildman–Crippen MR) is 150 cm³/mol. The summed E-state index contributed by atoms with van der Waals surface area (Å²) in [5.41, 5.74) is 2.18. The fourth-order valence-corrected chi connectivity index (χ4v) is 5.16. The Kier molecular flexibility index (Phi) is 7.01. The monoisotopic (exact) mass is 563 g/mol. The standard InChI is InChI=1S/C29H24F3N5O2S/c1-16-9-14-21(17(2)15-16)37-25(20-7-5-6-8-22(20)40-4)34-26-23(28(37)39)24(35-36(26)3)33-27(38)18-10-12-19(13-11-18)29(30,31)32/h5-15H,1-4H3,(H,33,35,38). The number of alkyl halides is 3. The van der Waals surface area contributed by atoms with Crippen LogP contribution >= 0.6 is 11.8 Å². The van der Waals surface area contributed by atoms with Gasteiger partial charge in [0.2, 0.25) is 0 Å². The number of aromatic nitrogens is 4. The van der Waals surface area contributed by atoms with Crippen LogP contribution in [0.15, 0.2) is 76.4 Å². The number of benzene rings is 3. The Bertz CT molecular complexity index is 1830. The van der Waals surface area contributed by atoms with Gasteiger partial charge in [0.1, 0.15) is 5.39 Å². The number of thioether (sulfide) groups is 1. The Morgan fingerprint density at radius 2 is 1.70 bits per heavy atom. The molecule has 5 rings (SSSR count). The highest BCUT2D eigenvalue weighted by molar-refractivity contribution is 7.98. The molecular weight excluding hydrogens is 539 g/mol. The van der Waals surface area contributed by atoms with Gasteiger partial charge in [-0.2, -0.15) is 18.3 Å². The van der Waals surface area contributed by atoms with E-state index in [9.17, 15) is 22.8 Å². The number of halogens is 3. The number of hydrogen-bond donors (Lipinski definition) is 1. The molecule has 0 fully saturated rings. The van der Waals surface area contributed by atoms with Gasteiger partial charge in [-0.3, -0.25) is 14.2 Å². The lowest BCUT2D eigenvalue weighted by atomic mass is 10.1. The Hall–Kier alpha value is -4.38. The van der Waals surface area contributed by atoms with Gasteiger partial charge in [-0.1, -0.05) is 35.9 Å². The van der Waals surface area contributed by atoms with E-state index in [0.717, 1.165) is 45.9 Å². The second-order valence-electron chi connectivity index (χ2n) is 9.27. The van der Waals surface area contributed by atoms with Gasteiger partial charge in [0.15, 0.2) is 17.3 Å². The van der Waals surface area contributed by atoms with E-state index < -0.39 is 23.2 Å². The summed E-state index contributed by atoms with van der Waals surface area (Å²) in [4.78, 5) is 33.0. The summed E-state index contributed by atoms with van der Waals surface area (Å²) in [6.07, 6.45) is -2.58. The molecule has 0 aliphatic rings. The molecule has 7 nitrogen and oxygen atoms in total. The van der Waals surface area contributed by atoms with E-state index in [-0.39, 0.29) is 22.4 Å². The van der Waals surface area contributed by atoms with Crippen LogP contribution in [-0.4, -0.2) is 31.5 Å². The minimum atomic E-state index is -4.52. The molecule has 0 spiro atoms. The summed E-state index contributed by atoms with van der Waals surface area (Å²) in [6, 6.07) is 17.1. The second-order valence-corrected chi connectivity index (χ2v) is 10.1. The molecular formula is C29H24F3N5O2S. The maximum atomic E-state index is 14.3. The number of carbonyl (C=O) groups is 1. The normalized spacial score (nSPS) is 11.7. The van der Waals surface area contributed by atoms with Crippen molar-refractivity contribution in [2.45, 2.75) is 24.9 Å². The lowest BCUT2D eigenvalue weighted by molar-refractivity contribution is -0.137. The van der Waals surface area contributed by atoms with E-state index in [4.69, 9.17) is 4.98 Å². The molecule has 5 aromatic rings. The second kappa shape index (κ2) is 10.3. The van der Waals surface area contributed by atoms with Crippen LogP contribution < -0.4 is 10.9 Å². The first-order valence-electron chi connectivity index (χ1n) is 12.2. The van der Waals surface area contributed by atoms with Crippen molar-refractivity contribution in [2.75, 3.05) is 11.6 Å². The molecule has 2 aromatic heterocycles. The zero-order chi connectivity index (χ0) is 28.8. The number of carbonyl (C=O) groups excluding carboxylic acids is 1. The molecule has 0 saturated carbocycles. The minimum Gasteiger partial charge on any atom is -0.304 e. The molecule has 3 aromatic carbocycles. The molecule has 0 saturated heterocycles. The Labute approximate surface area is 231 Å². The Balaban J connectivity index is 1.71. The van der Waals surface area contributed by atoms with Gasteiger partial charge >= 0.3 is 6.18 Å². The Morgan fingerprint density at radius 3 is 2.35 bits per heavy atom. The minimum absolute atomic E-state index is 0.0139. The molecule has 2 heterocycles. The van der Waals surface area contributed by atoms with Crippen molar-refractivity contribution in [2.24, 2.45) is 7.05 Å². The average molecular weight is 564 g/mol. The van der Waals surface area contributed by atoms with Crippen LogP contribution in [0.1, 0.15) is 27.0 Å². The molecule has 40 heavy (non-hydrogen) atoms. The fraction of sp³-hybridized carbons (Fsp3) is 0.172. The highest BCUT2D eigenvalue weighted by atomic mass is 32.2. The van der Waals surface area contributed by atoms with Gasteiger partial charge < -0.3 is 5.32 Å². The zero-order valence-electron chi connectivity index (χ0n) is 22.0. The third-order valence-corrected chi connectivity index (χ3v) is 7.30. The fourth-order valence-electron chi connectivity index (χ4n) is 4.57. The topological polar surface area (TPSA) is 81.8 Å². The maximum absolute atomic E-state index is 14.3. The van der Waals surface area contributed by atoms with E-state index in [1.807, 2.05) is 62.6 Å². The maximum Gasteiger partial charge on any atom is 0.416 e. The van der Waals surface area contributed by atoms with Gasteiger partial charge in [0.25, 0.3) is 11.5 Å². The molecule has 0 radical (unpaired) electrons. The molecule has 11 heteroatoms. The summed E-state index contributed by atoms with van der Waals surface area (Å²) in [5.74, 6) is -0.330. The van der Waals surface area contributed by atoms with Crippen LogP contribution in [0, 0.1) is 13.8 Å². The highest BCUT2D eigenvalue weighted by Gasteiger charge is 2.30. The van der Waals surface area contributed by atoms with Crippen LogP contribution in [0.5, 0.6) is 0 Å². The van der Waals surface area contributed by atoms with Crippen LogP contribution in [0.2, 0.25) is 0 Å². The first kappa shape index (κ1) is 27.2. The van der Waals surface area contributed by atoms with E-state index in [1.54, 1.807) is 7.05 Å². The van der Waals surface area contributed by atoms with Gasteiger partial charge in [-0.25, -0.2) is 9.67 Å². The summed E-state index contributed by atoms with van der Waals surface area (Å²) < 4.78 is 41.8. The Morgan fingerprint density at radius 1 is 1.00 bits per heavy atom. The van der Waals surface area contributed by atoms with Crippen molar-refractivity contribution < 1.29 is 18.0 Å². The van der Waals surface area contributed by atoms with Crippen molar-refractivity contribution in [3.63, 3.8) is 0 Å². The number of nitrogens with one attached hydrogen (secondary N) is 1. The smallest absolute Gasteiger partial charge is 0.304 e. The third-order valence-electron chi connectivity index (χ3n) is 6.50. The van der Waals surface area contributed by atoms with Crippen molar-refractivity contribution in [1.82, 2.24) is 19.3 Å². The first-order valence-corrected chi connectivity index (χ1v) is 13.4. The van der Waals surface area contributed by atoms with Gasteiger partial charge in [-0.05, 0) is 62.1 Å². The van der Waals surface area contributed by atoms with E-state index in [0.29, 0.717) is 11.5 Å². The van der Waals surface area contributed by atoms with Gasteiger partial charge in [0.05, 0.1) is 11.3 Å². The third kappa shape index (κ3) is 4.88. The van der Waals surface area contributed by atoms with Crippen molar-refractivity contribution in [1.29, 1.82) is 0 Å². The molecule has 0 atom stereocenters. The van der Waals surface area contributed by atoms with Crippen LogP contribution in [0.4, 0.5) is 19.0 Å². The summed E-state index contributed by atoms with van der Waals surface area (Å²) in [6.45, 7) is 3.86. The first-order chi connectivity index (χ1) is 19.0. The largest absolute Gasteiger partial charge is 0.416 e. The summed E-state index contributed by atoms with van der Waals surface area (Å²) >= 11 is 1.52. The van der Waals surface area contributed by atoms with Crippen molar-refractivity contribution in [3.05, 3.63) is 99.3 Å². The van der Waals surface area contributed by atoms with E-state index >= 15 is 0 Å². The van der Waals surface area contributed by atoms with Crippen LogP contribution in [-0.2, 0) is 13.2 Å². The molecule has 0 aliphatic carbocycles. The van der Waals surface area contributed by atoms with Gasteiger partial charge in [0, 0.05) is 23.1 Å². The molecule has 204 valence electrons. The van der Waals surface area contributed by atoms with Crippen LogP contribution in [0.3, 0.4) is 0 Å². The highest BCUT2D eigenvalue weighted by Crippen LogP contribution is 2.33. The molecule has 1 N–H and O–H groups in total. The number of hydrogen-bond acceptors (Lipinski definition) is 5. The molecule has 0 bridgehead atoms. The van der Waals surface area contributed by atoms with E-state index in [2.05, 4.69) is 10.4 Å². The van der Waals surface area contributed by atoms with Crippen molar-refractivity contribution >= 4 is 34.5 Å². The lowest BCUT2D eigenvalue weighted by Gasteiger charge is -2.17. The van der Waals surface area contributed by atoms with Crippen LogP contribution in [0.25, 0.3) is 28.1 Å². The molecule has 1 amide bonds. The van der Waals surface area contributed by atoms with E-state index in [1.165, 1.54) is 21.0 Å². The molecule has 0 unspecified atom stereocenters. The summed E-state index contributed by atoms with van der Waals surface area (Å²) in [5, 5.41) is 7.02. The number of anilines is 1. The quantitative estimate of drug-likeness (QED) is 0.251. The number of rotatable bonds is 5. The molecule has 0 aliphatic heterocycles. The number of fused-ring (bicyclic) bond motifs is 1. The lowest BCUT2D eigenvalue weighted by Crippen LogP contribution is -2.24. The zero-order valence-corrected chi connectivity index (χ0v) is 22.8.